The number of anilines is 1. The molecule has 5 heteroatoms. The summed E-state index contributed by atoms with van der Waals surface area (Å²) in [4.78, 5) is 18.2. The minimum absolute atomic E-state index is 0.0689. The zero-order valence-corrected chi connectivity index (χ0v) is 12.2. The Labute approximate surface area is 118 Å². The first kappa shape index (κ1) is 14.1. The average Bonchev–Trinajstić information content (AvgIpc) is 2.40. The van der Waals surface area contributed by atoms with Gasteiger partial charge < -0.3 is 10.6 Å². The predicted molar refractivity (Wildman–Crippen MR) is 77.2 cm³/mol. The quantitative estimate of drug-likeness (QED) is 0.848. The highest BCUT2D eigenvalue weighted by atomic mass is 35.5. The first-order valence-electron chi connectivity index (χ1n) is 6.69. The van der Waals surface area contributed by atoms with Crippen LogP contribution in [0.25, 0.3) is 0 Å². The van der Waals surface area contributed by atoms with E-state index in [4.69, 9.17) is 17.3 Å². The van der Waals surface area contributed by atoms with E-state index in [0.29, 0.717) is 22.3 Å². The third-order valence-electron chi connectivity index (χ3n) is 4.02. The van der Waals surface area contributed by atoms with E-state index in [9.17, 15) is 4.79 Å². The highest BCUT2D eigenvalue weighted by Gasteiger charge is 2.29. The number of amides is 1. The first-order valence-corrected chi connectivity index (χ1v) is 7.06. The molecule has 0 aliphatic heterocycles. The van der Waals surface area contributed by atoms with Crippen molar-refractivity contribution in [2.24, 2.45) is 5.92 Å². The fraction of sp³-hybridized carbons (Fsp3) is 0.571. The first-order chi connectivity index (χ1) is 9.00. The number of nitrogens with zero attached hydrogens (tertiary/aromatic N) is 2. The molecule has 1 aliphatic carbocycles. The van der Waals surface area contributed by atoms with E-state index in [0.717, 1.165) is 6.42 Å². The number of halogens is 1. The second-order valence-corrected chi connectivity index (χ2v) is 5.73. The molecule has 0 aromatic carbocycles. The summed E-state index contributed by atoms with van der Waals surface area (Å²) < 4.78 is 0. The van der Waals surface area contributed by atoms with Crippen LogP contribution in [0.2, 0.25) is 5.15 Å². The smallest absolute Gasteiger partial charge is 0.256 e. The Morgan fingerprint density at radius 3 is 2.84 bits per heavy atom. The Morgan fingerprint density at radius 1 is 1.47 bits per heavy atom. The predicted octanol–water partition coefficient (Wildman–Crippen LogP) is 2.97. The number of nitrogens with two attached hydrogens (primary N) is 1. The summed E-state index contributed by atoms with van der Waals surface area (Å²) in [7, 11) is 1.85. The Balaban J connectivity index is 2.20. The van der Waals surface area contributed by atoms with Gasteiger partial charge in [0.15, 0.2) is 0 Å². The van der Waals surface area contributed by atoms with Crippen molar-refractivity contribution in [3.05, 3.63) is 23.0 Å². The van der Waals surface area contributed by atoms with Crippen LogP contribution in [-0.4, -0.2) is 28.9 Å². The second kappa shape index (κ2) is 5.78. The molecule has 2 rings (SSSR count). The van der Waals surface area contributed by atoms with E-state index < -0.39 is 0 Å². The number of nitrogen functional groups attached to an aromatic ring is 1. The van der Waals surface area contributed by atoms with Gasteiger partial charge in [-0.3, -0.25) is 4.79 Å². The van der Waals surface area contributed by atoms with Crippen LogP contribution in [0, 0.1) is 5.92 Å². The largest absolute Gasteiger partial charge is 0.397 e. The minimum atomic E-state index is -0.0689. The van der Waals surface area contributed by atoms with Crippen LogP contribution in [0.4, 0.5) is 5.69 Å². The molecule has 0 radical (unpaired) electrons. The normalized spacial score (nSPS) is 23.1. The van der Waals surface area contributed by atoms with Gasteiger partial charge in [0.05, 0.1) is 17.4 Å². The van der Waals surface area contributed by atoms with Gasteiger partial charge in [0, 0.05) is 13.1 Å². The van der Waals surface area contributed by atoms with Crippen LogP contribution in [0.5, 0.6) is 0 Å². The van der Waals surface area contributed by atoms with Gasteiger partial charge in [-0.15, -0.1) is 0 Å². The average molecular weight is 282 g/mol. The summed E-state index contributed by atoms with van der Waals surface area (Å²) in [5.74, 6) is 0.460. The molecule has 19 heavy (non-hydrogen) atoms. The number of carbonyl (C=O) groups excluding carboxylic acids is 1. The van der Waals surface area contributed by atoms with Crippen molar-refractivity contribution in [2.45, 2.75) is 38.6 Å². The molecular weight excluding hydrogens is 262 g/mol. The number of aromatic nitrogens is 1. The second-order valence-electron chi connectivity index (χ2n) is 5.34. The molecule has 104 valence electrons. The molecule has 4 nitrogen and oxygen atoms in total. The lowest BCUT2D eigenvalue weighted by Gasteiger charge is -2.36. The van der Waals surface area contributed by atoms with E-state index in [-0.39, 0.29) is 11.9 Å². The van der Waals surface area contributed by atoms with Gasteiger partial charge >= 0.3 is 0 Å². The summed E-state index contributed by atoms with van der Waals surface area (Å²) in [5.41, 5.74) is 6.65. The molecule has 2 unspecified atom stereocenters. The van der Waals surface area contributed by atoms with Crippen molar-refractivity contribution >= 4 is 23.2 Å². The molecule has 2 atom stereocenters. The van der Waals surface area contributed by atoms with E-state index >= 15 is 0 Å². The summed E-state index contributed by atoms with van der Waals surface area (Å²) in [5, 5.41) is 0.294. The van der Waals surface area contributed by atoms with E-state index in [1.54, 1.807) is 6.07 Å². The lowest BCUT2D eigenvalue weighted by molar-refractivity contribution is 0.0630. The van der Waals surface area contributed by atoms with Crippen molar-refractivity contribution in [3.8, 4) is 0 Å². The van der Waals surface area contributed by atoms with Gasteiger partial charge in [-0.2, -0.15) is 0 Å². The van der Waals surface area contributed by atoms with E-state index in [1.807, 2.05) is 11.9 Å². The van der Waals surface area contributed by atoms with Crippen molar-refractivity contribution < 1.29 is 4.79 Å². The lowest BCUT2D eigenvalue weighted by Crippen LogP contribution is -2.42. The van der Waals surface area contributed by atoms with E-state index in [2.05, 4.69) is 11.9 Å². The molecule has 1 aromatic heterocycles. The third kappa shape index (κ3) is 3.00. The fourth-order valence-corrected chi connectivity index (χ4v) is 3.00. The molecule has 2 N–H and O–H groups in total. The molecule has 0 bridgehead atoms. The summed E-state index contributed by atoms with van der Waals surface area (Å²) in [6, 6.07) is 1.83. The van der Waals surface area contributed by atoms with Gasteiger partial charge in [0.1, 0.15) is 5.15 Å². The van der Waals surface area contributed by atoms with Crippen molar-refractivity contribution in [2.75, 3.05) is 12.8 Å². The molecule has 0 saturated heterocycles. The van der Waals surface area contributed by atoms with Gasteiger partial charge in [-0.25, -0.2) is 4.98 Å². The van der Waals surface area contributed by atoms with Crippen LogP contribution in [0.3, 0.4) is 0 Å². The Bertz CT molecular complexity index is 478. The van der Waals surface area contributed by atoms with Crippen molar-refractivity contribution in [1.29, 1.82) is 0 Å². The maximum absolute atomic E-state index is 12.5. The molecule has 0 spiro atoms. The highest BCUT2D eigenvalue weighted by Crippen LogP contribution is 2.29. The minimum Gasteiger partial charge on any atom is -0.397 e. The monoisotopic (exact) mass is 281 g/mol. The molecule has 1 aliphatic rings. The van der Waals surface area contributed by atoms with E-state index in [1.165, 1.54) is 25.5 Å². The number of rotatable bonds is 2. The van der Waals surface area contributed by atoms with Gasteiger partial charge in [0.2, 0.25) is 0 Å². The SMILES string of the molecule is CC1CCCCC1N(C)C(=O)c1cc(Cl)ncc1N. The van der Waals surface area contributed by atoms with Crippen LogP contribution >= 0.6 is 11.6 Å². The summed E-state index contributed by atoms with van der Waals surface area (Å²) >= 11 is 5.84. The Kier molecular flexibility index (Phi) is 4.30. The molecular formula is C14H20ClN3O. The standard InChI is InChI=1S/C14H20ClN3O/c1-9-5-3-4-6-12(9)18(2)14(19)10-7-13(15)17-8-11(10)16/h7-9,12H,3-6,16H2,1-2H3. The number of hydrogen-bond acceptors (Lipinski definition) is 3. The number of carbonyl (C=O) groups is 1. The van der Waals surface area contributed by atoms with Crippen molar-refractivity contribution in [3.63, 3.8) is 0 Å². The zero-order valence-electron chi connectivity index (χ0n) is 11.4. The number of hydrogen-bond donors (Lipinski definition) is 1. The van der Waals surface area contributed by atoms with Gasteiger partial charge in [-0.1, -0.05) is 31.4 Å². The highest BCUT2D eigenvalue weighted by molar-refractivity contribution is 6.29. The Morgan fingerprint density at radius 2 is 2.16 bits per heavy atom. The molecule has 1 fully saturated rings. The van der Waals surface area contributed by atoms with Crippen LogP contribution < -0.4 is 5.73 Å². The Hall–Kier alpha value is -1.29. The van der Waals surface area contributed by atoms with Crippen LogP contribution in [0.15, 0.2) is 12.3 Å². The van der Waals surface area contributed by atoms with Gasteiger partial charge in [-0.05, 0) is 24.8 Å². The third-order valence-corrected chi connectivity index (χ3v) is 4.22. The zero-order chi connectivity index (χ0) is 14.0. The topological polar surface area (TPSA) is 59.2 Å². The molecule has 1 aromatic rings. The maximum atomic E-state index is 12.5. The summed E-state index contributed by atoms with van der Waals surface area (Å²) in [6.07, 6.45) is 6.10. The van der Waals surface area contributed by atoms with Gasteiger partial charge in [0.25, 0.3) is 5.91 Å². The maximum Gasteiger partial charge on any atom is 0.256 e. The molecule has 1 heterocycles. The number of pyridine rings is 1. The molecule has 1 saturated carbocycles. The lowest BCUT2D eigenvalue weighted by atomic mass is 9.85. The molecule has 1 amide bonds. The van der Waals surface area contributed by atoms with Crippen LogP contribution in [0.1, 0.15) is 43.0 Å². The van der Waals surface area contributed by atoms with Crippen molar-refractivity contribution in [1.82, 2.24) is 9.88 Å². The summed E-state index contributed by atoms with van der Waals surface area (Å²) in [6.45, 7) is 2.20. The fourth-order valence-electron chi connectivity index (χ4n) is 2.84. The van der Waals surface area contributed by atoms with Crippen LogP contribution in [-0.2, 0) is 0 Å².